The lowest BCUT2D eigenvalue weighted by molar-refractivity contribution is 0.202. The van der Waals surface area contributed by atoms with E-state index in [-0.39, 0.29) is 18.3 Å². The van der Waals surface area contributed by atoms with Gasteiger partial charge in [0.1, 0.15) is 5.82 Å². The summed E-state index contributed by atoms with van der Waals surface area (Å²) in [7, 11) is -1.78. The zero-order valence-electron chi connectivity index (χ0n) is 22.4. The van der Waals surface area contributed by atoms with Gasteiger partial charge in [0.15, 0.2) is 5.82 Å². The van der Waals surface area contributed by atoms with Gasteiger partial charge in [-0.15, -0.1) is 0 Å². The Morgan fingerprint density at radius 2 is 1.72 bits per heavy atom. The molecule has 0 spiro atoms. The predicted molar refractivity (Wildman–Crippen MR) is 143 cm³/mol. The molecule has 2 rings (SSSR count). The molecule has 0 fully saturated rings. The van der Waals surface area contributed by atoms with Gasteiger partial charge in [-0.2, -0.15) is 5.10 Å². The van der Waals surface area contributed by atoms with E-state index in [1.54, 1.807) is 16.6 Å². The number of benzene rings is 1. The van der Waals surface area contributed by atoms with Gasteiger partial charge in [0.05, 0.1) is 18.3 Å². The van der Waals surface area contributed by atoms with Crippen LogP contribution in [0.4, 0.5) is 4.79 Å². The summed E-state index contributed by atoms with van der Waals surface area (Å²) in [6.45, 7) is 12.0. The zero-order valence-corrected chi connectivity index (χ0v) is 23.2. The van der Waals surface area contributed by atoms with Crippen LogP contribution in [-0.2, 0) is 30.0 Å². The minimum absolute atomic E-state index is 0.0466. The van der Waals surface area contributed by atoms with Crippen LogP contribution in [0.15, 0.2) is 30.3 Å². The molecular formula is C25H43N7O3S. The summed E-state index contributed by atoms with van der Waals surface area (Å²) < 4.78 is 30.4. The first-order valence-electron chi connectivity index (χ1n) is 12.9. The van der Waals surface area contributed by atoms with Gasteiger partial charge < -0.3 is 15.1 Å². The third-order valence-electron chi connectivity index (χ3n) is 6.30. The maximum atomic E-state index is 13.0. The minimum atomic E-state index is -3.54. The van der Waals surface area contributed by atoms with Crippen molar-refractivity contribution in [1.82, 2.24) is 34.6 Å². The number of amides is 2. The smallest absolute Gasteiger partial charge is 0.317 e. The first-order valence-corrected chi connectivity index (χ1v) is 14.6. The monoisotopic (exact) mass is 521 g/mol. The molecule has 1 heterocycles. The Morgan fingerprint density at radius 3 is 2.33 bits per heavy atom. The first-order chi connectivity index (χ1) is 17.2. The molecule has 0 bridgehead atoms. The summed E-state index contributed by atoms with van der Waals surface area (Å²) >= 11 is 0. The van der Waals surface area contributed by atoms with E-state index in [1.807, 2.05) is 44.2 Å². The second-order valence-electron chi connectivity index (χ2n) is 8.73. The van der Waals surface area contributed by atoms with Gasteiger partial charge in [-0.05, 0) is 58.3 Å². The van der Waals surface area contributed by atoms with Gasteiger partial charge in [0.25, 0.3) is 0 Å². The largest absolute Gasteiger partial charge is 0.331 e. The Labute approximate surface area is 216 Å². The molecule has 1 atom stereocenters. The van der Waals surface area contributed by atoms with Crippen LogP contribution >= 0.6 is 0 Å². The van der Waals surface area contributed by atoms with Crippen LogP contribution in [0, 0.1) is 0 Å². The van der Waals surface area contributed by atoms with E-state index in [4.69, 9.17) is 0 Å². The second-order valence-corrected chi connectivity index (χ2v) is 10.6. The molecule has 36 heavy (non-hydrogen) atoms. The van der Waals surface area contributed by atoms with E-state index < -0.39 is 16.1 Å². The minimum Gasteiger partial charge on any atom is -0.331 e. The molecule has 0 unspecified atom stereocenters. The topological polar surface area (TPSA) is 112 Å². The Kier molecular flexibility index (Phi) is 12.3. The number of hydrogen-bond donors (Lipinski definition) is 2. The Morgan fingerprint density at radius 1 is 1.06 bits per heavy atom. The number of nitrogens with one attached hydrogen (secondary N) is 2. The van der Waals surface area contributed by atoms with Crippen molar-refractivity contribution >= 4 is 16.1 Å². The predicted octanol–water partition coefficient (Wildman–Crippen LogP) is 2.69. The third-order valence-corrected chi connectivity index (χ3v) is 7.77. The number of carbonyl (C=O) groups excluding carboxylic acids is 1. The number of hydrogen-bond acceptors (Lipinski definition) is 6. The van der Waals surface area contributed by atoms with Crippen molar-refractivity contribution in [2.75, 3.05) is 38.5 Å². The van der Waals surface area contributed by atoms with Crippen molar-refractivity contribution in [3.8, 4) is 0 Å². The first kappa shape index (κ1) is 29.7. The van der Waals surface area contributed by atoms with Crippen LogP contribution < -0.4 is 10.0 Å². The third kappa shape index (κ3) is 9.51. The molecular weight excluding hydrogens is 478 g/mol. The summed E-state index contributed by atoms with van der Waals surface area (Å²) in [4.78, 5) is 20.8. The number of aromatic nitrogens is 3. The molecule has 11 heteroatoms. The molecule has 1 aromatic carbocycles. The van der Waals surface area contributed by atoms with Gasteiger partial charge >= 0.3 is 6.03 Å². The fraction of sp³-hybridized carbons (Fsp3) is 0.640. The highest BCUT2D eigenvalue weighted by atomic mass is 32.2. The van der Waals surface area contributed by atoms with Gasteiger partial charge in [-0.25, -0.2) is 22.9 Å². The number of rotatable bonds is 16. The van der Waals surface area contributed by atoms with Gasteiger partial charge in [-0.3, -0.25) is 4.68 Å². The lowest BCUT2D eigenvalue weighted by atomic mass is 10.1. The Balaban J connectivity index is 2.14. The maximum Gasteiger partial charge on any atom is 0.317 e. The van der Waals surface area contributed by atoms with Crippen molar-refractivity contribution in [1.29, 1.82) is 0 Å². The number of aryl methyl sites for hydroxylation is 2. The van der Waals surface area contributed by atoms with E-state index in [1.165, 1.54) is 0 Å². The van der Waals surface area contributed by atoms with Crippen LogP contribution in [0.3, 0.4) is 0 Å². The highest BCUT2D eigenvalue weighted by Crippen LogP contribution is 2.19. The second kappa shape index (κ2) is 14.9. The lowest BCUT2D eigenvalue weighted by Gasteiger charge is -2.19. The molecule has 2 amide bonds. The van der Waals surface area contributed by atoms with Crippen molar-refractivity contribution in [2.24, 2.45) is 7.05 Å². The molecule has 0 aliphatic carbocycles. The fourth-order valence-electron chi connectivity index (χ4n) is 4.01. The van der Waals surface area contributed by atoms with Gasteiger partial charge in [0.2, 0.25) is 10.0 Å². The summed E-state index contributed by atoms with van der Waals surface area (Å²) in [5, 5.41) is 7.38. The number of urea groups is 1. The summed E-state index contributed by atoms with van der Waals surface area (Å²) in [5.41, 5.74) is 1.12. The Hall–Kier alpha value is -2.50. The van der Waals surface area contributed by atoms with Crippen LogP contribution in [0.5, 0.6) is 0 Å². The van der Waals surface area contributed by atoms with Crippen LogP contribution in [0.2, 0.25) is 0 Å². The van der Waals surface area contributed by atoms with Crippen LogP contribution in [0.1, 0.15) is 63.8 Å². The van der Waals surface area contributed by atoms with E-state index >= 15 is 0 Å². The van der Waals surface area contributed by atoms with E-state index in [0.29, 0.717) is 44.0 Å². The molecule has 0 aliphatic heterocycles. The summed E-state index contributed by atoms with van der Waals surface area (Å²) in [6.07, 6.45) is 1.76. The van der Waals surface area contributed by atoms with Gasteiger partial charge in [0, 0.05) is 20.1 Å². The van der Waals surface area contributed by atoms with E-state index in [9.17, 15) is 13.2 Å². The SMILES string of the molecule is CCN(CC)CCCS(=O)(=O)N[C@H](CCc1ccccc1)c1nc(CNC(=O)N(CC)CC)n(C)n1. The lowest BCUT2D eigenvalue weighted by Crippen LogP contribution is -2.39. The number of carbonyl (C=O) groups is 1. The maximum absolute atomic E-state index is 13.0. The number of sulfonamides is 1. The molecule has 0 saturated carbocycles. The van der Waals surface area contributed by atoms with E-state index in [0.717, 1.165) is 25.2 Å². The number of nitrogens with zero attached hydrogens (tertiary/aromatic N) is 5. The summed E-state index contributed by atoms with van der Waals surface area (Å²) in [5.74, 6) is 1.02. The Bertz CT molecular complexity index is 1020. The molecule has 1 aromatic heterocycles. The average molecular weight is 522 g/mol. The van der Waals surface area contributed by atoms with Gasteiger partial charge in [-0.1, -0.05) is 44.2 Å². The molecule has 2 N–H and O–H groups in total. The highest BCUT2D eigenvalue weighted by Gasteiger charge is 2.24. The van der Waals surface area contributed by atoms with Crippen LogP contribution in [0.25, 0.3) is 0 Å². The van der Waals surface area contributed by atoms with Crippen molar-refractivity contribution < 1.29 is 13.2 Å². The summed E-state index contributed by atoms with van der Waals surface area (Å²) in [6, 6.07) is 9.21. The average Bonchev–Trinajstić information content (AvgIpc) is 3.24. The molecule has 0 radical (unpaired) electrons. The van der Waals surface area contributed by atoms with Crippen LogP contribution in [-0.4, -0.2) is 77.5 Å². The van der Waals surface area contributed by atoms with Crippen molar-refractivity contribution in [3.05, 3.63) is 47.5 Å². The standard InChI is InChI=1S/C25H43N7O3S/c1-6-31(7-2)18-13-19-36(34,35)29-22(17-16-21-14-11-10-12-15-21)24-27-23(30(5)28-24)20-26-25(33)32(8-3)9-4/h10-12,14-15,22,29H,6-9,13,16-20H2,1-5H3,(H,26,33)/t22-/m1/s1. The van der Waals surface area contributed by atoms with E-state index in [2.05, 4.69) is 38.9 Å². The molecule has 10 nitrogen and oxygen atoms in total. The molecule has 2 aromatic rings. The fourth-order valence-corrected chi connectivity index (χ4v) is 5.29. The molecule has 202 valence electrons. The van der Waals surface area contributed by atoms with Crippen molar-refractivity contribution in [3.63, 3.8) is 0 Å². The molecule has 0 saturated heterocycles. The zero-order chi connectivity index (χ0) is 26.6. The van der Waals surface area contributed by atoms with Crippen molar-refractivity contribution in [2.45, 2.75) is 59.5 Å². The molecule has 0 aliphatic rings. The normalized spacial score (nSPS) is 12.6. The highest BCUT2D eigenvalue weighted by molar-refractivity contribution is 7.89. The quantitative estimate of drug-likeness (QED) is 0.351.